The first kappa shape index (κ1) is 22.0. The third kappa shape index (κ3) is 6.42. The molecule has 4 nitrogen and oxygen atoms in total. The van der Waals surface area contributed by atoms with Gasteiger partial charge in [-0.15, -0.1) is 0 Å². The van der Waals surface area contributed by atoms with E-state index >= 15 is 0 Å². The van der Waals surface area contributed by atoms with E-state index in [1.807, 2.05) is 0 Å². The van der Waals surface area contributed by atoms with E-state index in [9.17, 15) is 18.0 Å². The fourth-order valence-electron chi connectivity index (χ4n) is 2.55. The average molecular weight is 416 g/mol. The summed E-state index contributed by atoms with van der Waals surface area (Å²) in [6.45, 7) is 2.00. The predicted molar refractivity (Wildman–Crippen MR) is 101 cm³/mol. The summed E-state index contributed by atoms with van der Waals surface area (Å²) in [6, 6.07) is 8.86. The molecule has 0 aliphatic heterocycles. The molecule has 0 fully saturated rings. The van der Waals surface area contributed by atoms with Crippen molar-refractivity contribution in [1.29, 1.82) is 0 Å². The number of hydrogen-bond acceptors (Lipinski definition) is 4. The number of carbonyl (C=O) groups excluding carboxylic acids is 1. The van der Waals surface area contributed by atoms with E-state index in [4.69, 9.17) is 26.8 Å². The summed E-state index contributed by atoms with van der Waals surface area (Å²) in [6.07, 6.45) is -2.76. The Morgan fingerprint density at radius 3 is 2.54 bits per heavy atom. The number of hydrogen-bond donors (Lipinski definition) is 1. The van der Waals surface area contributed by atoms with E-state index in [1.54, 1.807) is 25.1 Å². The van der Waals surface area contributed by atoms with Crippen LogP contribution in [0.2, 0.25) is 5.02 Å². The molecular weight excluding hydrogens is 395 g/mol. The van der Waals surface area contributed by atoms with Crippen LogP contribution in [0.3, 0.4) is 0 Å². The summed E-state index contributed by atoms with van der Waals surface area (Å²) >= 11 is 6.24. The van der Waals surface area contributed by atoms with Crippen LogP contribution in [0.25, 0.3) is 0 Å². The molecule has 2 aromatic carbocycles. The van der Waals surface area contributed by atoms with Crippen molar-refractivity contribution in [2.24, 2.45) is 5.73 Å². The van der Waals surface area contributed by atoms with Crippen molar-refractivity contribution in [2.45, 2.75) is 38.4 Å². The Hall–Kier alpha value is -2.25. The molecule has 0 aromatic heterocycles. The van der Waals surface area contributed by atoms with Crippen molar-refractivity contribution in [2.75, 3.05) is 6.61 Å². The van der Waals surface area contributed by atoms with Gasteiger partial charge >= 0.3 is 12.1 Å². The quantitative estimate of drug-likeness (QED) is 0.589. The first-order chi connectivity index (χ1) is 13.2. The Bertz CT molecular complexity index is 812. The van der Waals surface area contributed by atoms with Gasteiger partial charge in [0.2, 0.25) is 0 Å². The van der Waals surface area contributed by atoms with E-state index in [1.165, 1.54) is 12.1 Å². The minimum Gasteiger partial charge on any atom is -0.465 e. The van der Waals surface area contributed by atoms with Crippen LogP contribution in [0, 0.1) is 0 Å². The number of rotatable bonds is 8. The van der Waals surface area contributed by atoms with E-state index in [2.05, 4.69) is 0 Å². The zero-order valence-electron chi connectivity index (χ0n) is 15.3. The molecule has 0 saturated heterocycles. The molecule has 28 heavy (non-hydrogen) atoms. The van der Waals surface area contributed by atoms with Gasteiger partial charge in [-0.05, 0) is 62.1 Å². The highest BCUT2D eigenvalue weighted by Crippen LogP contribution is 2.33. The Balaban J connectivity index is 1.96. The number of aryl methyl sites for hydroxylation is 1. The second-order valence-corrected chi connectivity index (χ2v) is 6.54. The maximum absolute atomic E-state index is 12.8. The third-order valence-corrected chi connectivity index (χ3v) is 4.32. The van der Waals surface area contributed by atoms with E-state index < -0.39 is 23.8 Å². The largest absolute Gasteiger partial charge is 0.465 e. The maximum atomic E-state index is 12.8. The van der Waals surface area contributed by atoms with Crippen molar-refractivity contribution in [3.63, 3.8) is 0 Å². The lowest BCUT2D eigenvalue weighted by atomic mass is 10.0. The maximum Gasteiger partial charge on any atom is 0.416 e. The van der Waals surface area contributed by atoms with Gasteiger partial charge in [0.1, 0.15) is 17.5 Å². The van der Waals surface area contributed by atoms with Crippen molar-refractivity contribution < 1.29 is 27.4 Å². The summed E-state index contributed by atoms with van der Waals surface area (Å²) < 4.78 is 48.7. The third-order valence-electron chi connectivity index (χ3n) is 3.97. The fourth-order valence-corrected chi connectivity index (χ4v) is 2.81. The zero-order valence-corrected chi connectivity index (χ0v) is 16.0. The zero-order chi connectivity index (χ0) is 20.7. The highest BCUT2D eigenvalue weighted by molar-refractivity contribution is 6.31. The molecule has 0 aliphatic carbocycles. The average Bonchev–Trinajstić information content (AvgIpc) is 2.63. The number of halogens is 4. The number of benzene rings is 2. The van der Waals surface area contributed by atoms with Gasteiger partial charge in [0, 0.05) is 5.02 Å². The van der Waals surface area contributed by atoms with Crippen molar-refractivity contribution in [1.82, 2.24) is 0 Å². The van der Waals surface area contributed by atoms with Crippen LogP contribution in [0.1, 0.15) is 30.9 Å². The molecule has 0 heterocycles. The highest BCUT2D eigenvalue weighted by atomic mass is 35.5. The Morgan fingerprint density at radius 1 is 1.18 bits per heavy atom. The molecule has 2 aromatic rings. The van der Waals surface area contributed by atoms with E-state index in [-0.39, 0.29) is 12.4 Å². The number of carbonyl (C=O) groups is 1. The van der Waals surface area contributed by atoms with E-state index in [0.29, 0.717) is 30.0 Å². The lowest BCUT2D eigenvalue weighted by Gasteiger charge is -2.12. The number of ether oxygens (including phenoxy) is 2. The minimum absolute atomic E-state index is 0.0686. The lowest BCUT2D eigenvalue weighted by molar-refractivity contribution is -0.144. The molecule has 0 bridgehead atoms. The van der Waals surface area contributed by atoms with Gasteiger partial charge in [-0.1, -0.05) is 23.7 Å². The monoisotopic (exact) mass is 415 g/mol. The van der Waals surface area contributed by atoms with Crippen molar-refractivity contribution >= 4 is 17.6 Å². The smallest absolute Gasteiger partial charge is 0.416 e. The van der Waals surface area contributed by atoms with Crippen LogP contribution in [-0.2, 0) is 22.1 Å². The molecule has 8 heteroatoms. The Kier molecular flexibility index (Phi) is 7.71. The Labute approximate surface area is 166 Å². The number of esters is 1. The molecule has 1 unspecified atom stereocenters. The standard InChI is InChI=1S/C20H21ClF3NO3/c1-2-27-19(26)18(25)8-3-5-13-9-10-16(12-17(13)21)28-15-7-4-6-14(11-15)20(22,23)24/h4,6-7,9-12,18H,2-3,5,8,25H2,1H3. The summed E-state index contributed by atoms with van der Waals surface area (Å²) in [5, 5.41) is 0.425. The topological polar surface area (TPSA) is 61.5 Å². The normalized spacial score (nSPS) is 12.5. The van der Waals surface area contributed by atoms with Crippen molar-refractivity contribution in [3.8, 4) is 11.5 Å². The molecule has 0 spiro atoms. The van der Waals surface area contributed by atoms with Crippen LogP contribution in [0.15, 0.2) is 42.5 Å². The first-order valence-corrected chi connectivity index (χ1v) is 9.14. The lowest BCUT2D eigenvalue weighted by Crippen LogP contribution is -2.32. The fraction of sp³-hybridized carbons (Fsp3) is 0.350. The number of alkyl halides is 3. The van der Waals surface area contributed by atoms with Crippen LogP contribution in [0.5, 0.6) is 11.5 Å². The van der Waals surface area contributed by atoms with Gasteiger partial charge in [-0.25, -0.2) is 0 Å². The first-order valence-electron chi connectivity index (χ1n) is 8.76. The van der Waals surface area contributed by atoms with Gasteiger partial charge < -0.3 is 15.2 Å². The second kappa shape index (κ2) is 9.80. The molecule has 0 radical (unpaired) electrons. The highest BCUT2D eigenvalue weighted by Gasteiger charge is 2.30. The van der Waals surface area contributed by atoms with Gasteiger partial charge in [0.15, 0.2) is 0 Å². The molecular formula is C20H21ClF3NO3. The van der Waals surface area contributed by atoms with E-state index in [0.717, 1.165) is 17.7 Å². The Morgan fingerprint density at radius 2 is 1.89 bits per heavy atom. The van der Waals surface area contributed by atoms with Crippen molar-refractivity contribution in [3.05, 3.63) is 58.6 Å². The summed E-state index contributed by atoms with van der Waals surface area (Å²) in [4.78, 5) is 11.5. The molecule has 0 saturated carbocycles. The van der Waals surface area contributed by atoms with Gasteiger partial charge in [-0.3, -0.25) is 4.79 Å². The predicted octanol–water partition coefficient (Wildman–Crippen LogP) is 5.36. The second-order valence-electron chi connectivity index (χ2n) is 6.13. The number of nitrogens with two attached hydrogens (primary N) is 1. The SMILES string of the molecule is CCOC(=O)C(N)CCCc1ccc(Oc2cccc(C(F)(F)F)c2)cc1Cl. The molecule has 1 atom stereocenters. The van der Waals surface area contributed by atoms with Gasteiger partial charge in [0.05, 0.1) is 12.2 Å². The summed E-state index contributed by atoms with van der Waals surface area (Å²) in [5.41, 5.74) is 5.79. The van der Waals surface area contributed by atoms with Crippen LogP contribution in [-0.4, -0.2) is 18.6 Å². The summed E-state index contributed by atoms with van der Waals surface area (Å²) in [5.74, 6) is -0.0335. The van der Waals surface area contributed by atoms with Crippen LogP contribution < -0.4 is 10.5 Å². The minimum atomic E-state index is -4.44. The van der Waals surface area contributed by atoms with Crippen LogP contribution >= 0.6 is 11.6 Å². The molecule has 0 aliphatic rings. The summed E-state index contributed by atoms with van der Waals surface area (Å²) in [7, 11) is 0. The molecule has 0 amide bonds. The molecule has 2 rings (SSSR count). The molecule has 152 valence electrons. The van der Waals surface area contributed by atoms with Gasteiger partial charge in [0.25, 0.3) is 0 Å². The molecule has 2 N–H and O–H groups in total. The van der Waals surface area contributed by atoms with Gasteiger partial charge in [-0.2, -0.15) is 13.2 Å². The van der Waals surface area contributed by atoms with Crippen LogP contribution in [0.4, 0.5) is 13.2 Å².